The maximum atomic E-state index is 9.75. The molecule has 0 radical (unpaired) electrons. The van der Waals surface area contributed by atoms with Crippen LogP contribution in [0.2, 0.25) is 0 Å². The molecule has 18 heteroatoms. The van der Waals surface area contributed by atoms with Crippen molar-refractivity contribution >= 4 is 21.8 Å². The molecule has 2 nitrogen and oxygen atoms in total. The number of nitriles is 2. The summed E-state index contributed by atoms with van der Waals surface area (Å²) in [6, 6.07) is 4.37. The van der Waals surface area contributed by atoms with Crippen LogP contribution in [0, 0.1) is 22.7 Å². The number of halogens is 12. The van der Waals surface area contributed by atoms with Crippen molar-refractivity contribution in [2.24, 2.45) is 0 Å². The van der Waals surface area contributed by atoms with Gasteiger partial charge in [-0.1, -0.05) is 23.3 Å². The second-order valence-corrected chi connectivity index (χ2v) is 4.91. The van der Waals surface area contributed by atoms with E-state index in [2.05, 4.69) is 24.3 Å². The molecule has 0 fully saturated rings. The van der Waals surface area contributed by atoms with Gasteiger partial charge in [-0.2, -0.15) is 10.5 Å². The van der Waals surface area contributed by atoms with E-state index in [1.54, 1.807) is 0 Å². The molecular weight excluding hydrogens is 535 g/mol. The van der Waals surface area contributed by atoms with Gasteiger partial charge < -0.3 is 51.8 Å². The van der Waals surface area contributed by atoms with E-state index in [-0.39, 0.29) is 19.5 Å². The van der Waals surface area contributed by atoms with Gasteiger partial charge in [0.2, 0.25) is 0 Å². The molecule has 0 heterocycles. The molecule has 0 unspecified atom stereocenters. The van der Waals surface area contributed by atoms with Crippen molar-refractivity contribution in [3.05, 3.63) is 23.3 Å². The fraction of sp³-hybridized carbons (Fsp3) is 0.500. The Balaban J connectivity index is -0.000000176. The van der Waals surface area contributed by atoms with Crippen molar-refractivity contribution in [1.82, 2.24) is 0 Å². The van der Waals surface area contributed by atoms with Crippen LogP contribution in [0.3, 0.4) is 0 Å². The zero-order chi connectivity index (χ0) is 23.7. The van der Waals surface area contributed by atoms with Crippen LogP contribution in [-0.2, 0) is 19.5 Å². The Morgan fingerprint density at radius 1 is 0.600 bits per heavy atom. The third-order valence-electron chi connectivity index (χ3n) is 2.48. The fourth-order valence-electron chi connectivity index (χ4n) is 1.72. The van der Waals surface area contributed by atoms with Gasteiger partial charge in [-0.05, 0) is 25.7 Å². The quantitative estimate of drug-likeness (QED) is 0.209. The van der Waals surface area contributed by atoms with Crippen molar-refractivity contribution in [2.45, 2.75) is 38.5 Å². The summed E-state index contributed by atoms with van der Waals surface area (Å²) in [5, 5.41) is 17.4. The van der Waals surface area contributed by atoms with E-state index < -0.39 is 21.8 Å². The van der Waals surface area contributed by atoms with Crippen molar-refractivity contribution in [1.29, 1.82) is 10.5 Å². The predicted molar refractivity (Wildman–Crippen MR) is 85.7 cm³/mol. The average molecular weight is 550 g/mol. The molecule has 0 N–H and O–H groups in total. The Bertz CT molecular complexity index is 509. The molecule has 0 saturated heterocycles. The van der Waals surface area contributed by atoms with E-state index in [4.69, 9.17) is 10.5 Å². The van der Waals surface area contributed by atoms with Crippen LogP contribution in [-0.4, -0.2) is 21.8 Å². The Kier molecular flexibility index (Phi) is 21.8. The SMILES string of the molecule is F[B-](F)(F)F.F[B-](F)(F)F.F[B-](F)(F)F.N#CC/C1=C(\CC#N)CC/C=C\CC1.[Rh+3]. The summed E-state index contributed by atoms with van der Waals surface area (Å²) in [7, 11) is -18.0. The maximum absolute atomic E-state index is 9.75. The predicted octanol–water partition coefficient (Wildman–Crippen LogP) is 7.14. The molecule has 1 rings (SSSR count). The molecule has 1 aliphatic rings. The van der Waals surface area contributed by atoms with Gasteiger partial charge in [-0.15, -0.1) is 0 Å². The van der Waals surface area contributed by atoms with Crippen molar-refractivity contribution in [2.75, 3.05) is 0 Å². The summed E-state index contributed by atoms with van der Waals surface area (Å²) in [5.41, 5.74) is 2.39. The average Bonchev–Trinajstić information content (AvgIpc) is 2.40. The Morgan fingerprint density at radius 2 is 0.800 bits per heavy atom. The Labute approximate surface area is 178 Å². The molecule has 1 aliphatic carbocycles. The minimum atomic E-state index is -6.00. The van der Waals surface area contributed by atoms with Gasteiger partial charge in [0, 0.05) is 0 Å². The van der Waals surface area contributed by atoms with E-state index in [0.29, 0.717) is 12.8 Å². The normalized spacial score (nSPS) is 17.3. The van der Waals surface area contributed by atoms with Gasteiger partial charge in [0.15, 0.2) is 0 Å². The first-order chi connectivity index (χ1) is 12.9. The molecule has 0 atom stereocenters. The minimum absolute atomic E-state index is 0. The number of nitrogens with zero attached hydrogens (tertiary/aromatic N) is 2. The standard InChI is InChI=1S/C12H14N2.3BF4.Rh/c13-9-7-11-5-3-1-2-4-6-12(11)8-10-14;3*2-1(3,4)5;/h1-2H,3-8H2;;;;/q;3*-1;+3/b2-1-,12-11-;;;;. The molecule has 0 aromatic carbocycles. The van der Waals surface area contributed by atoms with Crippen LogP contribution in [0.5, 0.6) is 0 Å². The van der Waals surface area contributed by atoms with Gasteiger partial charge in [0.05, 0.1) is 25.0 Å². The summed E-state index contributed by atoms with van der Waals surface area (Å²) in [6.45, 7) is 0. The van der Waals surface area contributed by atoms with Crippen LogP contribution in [0.15, 0.2) is 23.3 Å². The Morgan fingerprint density at radius 3 is 0.967 bits per heavy atom. The minimum Gasteiger partial charge on any atom is -0.418 e. The van der Waals surface area contributed by atoms with Gasteiger partial charge >= 0.3 is 41.2 Å². The second kappa shape index (κ2) is 18.2. The third-order valence-corrected chi connectivity index (χ3v) is 2.48. The van der Waals surface area contributed by atoms with Crippen molar-refractivity contribution in [3.8, 4) is 12.1 Å². The van der Waals surface area contributed by atoms with Gasteiger partial charge in [-0.3, -0.25) is 0 Å². The van der Waals surface area contributed by atoms with E-state index in [1.807, 2.05) is 0 Å². The molecular formula is C12H14B3F12N2Rh. The largest absolute Gasteiger partial charge is 3.00 e. The van der Waals surface area contributed by atoms with Crippen LogP contribution in [0.1, 0.15) is 38.5 Å². The maximum Gasteiger partial charge on any atom is 3.00 e. The summed E-state index contributed by atoms with van der Waals surface area (Å²) >= 11 is 0. The first kappa shape index (κ1) is 35.8. The Hall–Kier alpha value is -1.56. The molecule has 0 bridgehead atoms. The zero-order valence-corrected chi connectivity index (χ0v) is 16.5. The van der Waals surface area contributed by atoms with Gasteiger partial charge in [-0.25, -0.2) is 0 Å². The molecule has 30 heavy (non-hydrogen) atoms. The number of hydrogen-bond acceptors (Lipinski definition) is 2. The molecule has 0 aromatic heterocycles. The number of allylic oxidation sites excluding steroid dienone is 4. The molecule has 0 spiro atoms. The fourth-order valence-corrected chi connectivity index (χ4v) is 1.72. The zero-order valence-electron chi connectivity index (χ0n) is 14.9. The summed E-state index contributed by atoms with van der Waals surface area (Å²) in [6.07, 6.45) is 9.22. The van der Waals surface area contributed by atoms with Gasteiger partial charge in [0.25, 0.3) is 0 Å². The summed E-state index contributed by atoms with van der Waals surface area (Å²) < 4.78 is 117. The van der Waals surface area contributed by atoms with E-state index in [9.17, 15) is 51.8 Å². The third kappa shape index (κ3) is 56.3. The van der Waals surface area contributed by atoms with Crippen LogP contribution < -0.4 is 0 Å². The van der Waals surface area contributed by atoms with Crippen LogP contribution in [0.25, 0.3) is 0 Å². The number of hydrogen-bond donors (Lipinski definition) is 0. The topological polar surface area (TPSA) is 47.6 Å². The van der Waals surface area contributed by atoms with Crippen LogP contribution >= 0.6 is 0 Å². The van der Waals surface area contributed by atoms with E-state index in [0.717, 1.165) is 25.7 Å². The van der Waals surface area contributed by atoms with E-state index >= 15 is 0 Å². The molecule has 0 saturated carbocycles. The van der Waals surface area contributed by atoms with Gasteiger partial charge in [0.1, 0.15) is 0 Å². The molecule has 174 valence electrons. The molecule has 0 amide bonds. The van der Waals surface area contributed by atoms with Crippen LogP contribution in [0.4, 0.5) is 51.8 Å². The smallest absolute Gasteiger partial charge is 0.418 e. The summed E-state index contributed by atoms with van der Waals surface area (Å²) in [4.78, 5) is 0. The summed E-state index contributed by atoms with van der Waals surface area (Å²) in [5.74, 6) is 0. The first-order valence-electron chi connectivity index (χ1n) is 7.59. The monoisotopic (exact) mass is 550 g/mol. The second-order valence-electron chi connectivity index (χ2n) is 4.91. The number of rotatable bonds is 2. The molecule has 0 aromatic rings. The molecule has 0 aliphatic heterocycles. The van der Waals surface area contributed by atoms with Crippen molar-refractivity contribution < 1.29 is 71.3 Å². The van der Waals surface area contributed by atoms with Crippen molar-refractivity contribution in [3.63, 3.8) is 0 Å². The van der Waals surface area contributed by atoms with E-state index in [1.165, 1.54) is 11.1 Å². The first-order valence-corrected chi connectivity index (χ1v) is 7.59.